The van der Waals surface area contributed by atoms with Crippen LogP contribution < -0.4 is 11.1 Å². The van der Waals surface area contributed by atoms with Crippen LogP contribution in [0, 0.1) is 0 Å². The molecule has 1 aromatic carbocycles. The topological polar surface area (TPSA) is 72.2 Å². The Hall–Kier alpha value is -1.25. The van der Waals surface area contributed by atoms with Crippen LogP contribution in [-0.4, -0.2) is 17.3 Å². The molecule has 1 aliphatic rings. The summed E-state index contributed by atoms with van der Waals surface area (Å²) in [7, 11) is 1.92. The molecule has 0 fully saturated rings. The SMILES string of the molecule is Nc1ccc2c(c1)CN[C@H](C(=O)C(=O)P)C2. The van der Waals surface area contributed by atoms with Gasteiger partial charge in [0.05, 0.1) is 6.04 Å². The Balaban J connectivity index is 2.21. The molecule has 3 N–H and O–H groups in total. The molecule has 2 atom stereocenters. The zero-order valence-electron chi connectivity index (χ0n) is 8.69. The van der Waals surface area contributed by atoms with Crippen LogP contribution in [0.4, 0.5) is 5.69 Å². The van der Waals surface area contributed by atoms with Crippen LogP contribution in [0.15, 0.2) is 18.2 Å². The van der Waals surface area contributed by atoms with Crippen molar-refractivity contribution in [2.75, 3.05) is 5.73 Å². The van der Waals surface area contributed by atoms with Crippen molar-refractivity contribution < 1.29 is 9.59 Å². The third-order valence-electron chi connectivity index (χ3n) is 2.75. The number of anilines is 1. The van der Waals surface area contributed by atoms with Crippen molar-refractivity contribution in [3.63, 3.8) is 0 Å². The summed E-state index contributed by atoms with van der Waals surface area (Å²) in [6.45, 7) is 0.578. The Morgan fingerprint density at radius 2 is 2.12 bits per heavy atom. The predicted octanol–water partition coefficient (Wildman–Crippen LogP) is 0.254. The van der Waals surface area contributed by atoms with E-state index in [0.717, 1.165) is 11.1 Å². The van der Waals surface area contributed by atoms with Crippen molar-refractivity contribution in [3.05, 3.63) is 29.3 Å². The molecular formula is C11H13N2O2P. The summed E-state index contributed by atoms with van der Waals surface area (Å²) in [6, 6.07) is 5.22. The lowest BCUT2D eigenvalue weighted by Gasteiger charge is -2.24. The van der Waals surface area contributed by atoms with E-state index >= 15 is 0 Å². The van der Waals surface area contributed by atoms with Crippen molar-refractivity contribution >= 4 is 26.2 Å². The molecule has 1 heterocycles. The maximum atomic E-state index is 11.5. The van der Waals surface area contributed by atoms with Crippen LogP contribution in [0.2, 0.25) is 0 Å². The lowest BCUT2D eigenvalue weighted by Crippen LogP contribution is -2.43. The summed E-state index contributed by atoms with van der Waals surface area (Å²) in [5.41, 5.74) is 8.09. The highest BCUT2D eigenvalue weighted by Crippen LogP contribution is 2.20. The van der Waals surface area contributed by atoms with E-state index in [1.165, 1.54) is 0 Å². The smallest absolute Gasteiger partial charge is 0.219 e. The normalized spacial score (nSPS) is 18.9. The van der Waals surface area contributed by atoms with Gasteiger partial charge in [0.2, 0.25) is 11.3 Å². The molecule has 0 spiro atoms. The molecule has 1 aliphatic heterocycles. The van der Waals surface area contributed by atoms with Gasteiger partial charge in [0.1, 0.15) is 0 Å². The molecule has 1 aromatic rings. The quantitative estimate of drug-likeness (QED) is 0.439. The van der Waals surface area contributed by atoms with E-state index < -0.39 is 11.6 Å². The molecule has 0 amide bonds. The van der Waals surface area contributed by atoms with Gasteiger partial charge in [0.25, 0.3) is 0 Å². The Morgan fingerprint density at radius 3 is 2.81 bits per heavy atom. The van der Waals surface area contributed by atoms with Gasteiger partial charge in [0.15, 0.2) is 0 Å². The van der Waals surface area contributed by atoms with E-state index in [1.807, 2.05) is 27.4 Å². The minimum atomic E-state index is -0.476. The summed E-state index contributed by atoms with van der Waals surface area (Å²) in [5.74, 6) is -0.382. The van der Waals surface area contributed by atoms with Crippen molar-refractivity contribution in [1.82, 2.24) is 5.32 Å². The maximum Gasteiger partial charge on any atom is 0.219 e. The number of ketones is 1. The van der Waals surface area contributed by atoms with Gasteiger partial charge < -0.3 is 11.1 Å². The van der Waals surface area contributed by atoms with Gasteiger partial charge in [-0.2, -0.15) is 0 Å². The largest absolute Gasteiger partial charge is 0.399 e. The maximum absolute atomic E-state index is 11.5. The number of hydrogen-bond acceptors (Lipinski definition) is 4. The van der Waals surface area contributed by atoms with Crippen LogP contribution >= 0.6 is 9.24 Å². The average molecular weight is 236 g/mol. The molecule has 0 saturated carbocycles. The number of nitrogen functional groups attached to an aromatic ring is 1. The van der Waals surface area contributed by atoms with E-state index in [1.54, 1.807) is 0 Å². The number of Topliss-reactive ketones (excluding diaryl/α,β-unsaturated/α-hetero) is 1. The molecule has 0 saturated heterocycles. The number of carbonyl (C=O) groups excluding carboxylic acids is 2. The van der Waals surface area contributed by atoms with E-state index in [9.17, 15) is 9.59 Å². The second-order valence-corrected chi connectivity index (χ2v) is 4.42. The van der Waals surface area contributed by atoms with E-state index in [0.29, 0.717) is 18.7 Å². The fourth-order valence-electron chi connectivity index (χ4n) is 1.89. The van der Waals surface area contributed by atoms with Gasteiger partial charge in [0, 0.05) is 12.2 Å². The average Bonchev–Trinajstić information content (AvgIpc) is 2.27. The fourth-order valence-corrected chi connectivity index (χ4v) is 2.09. The van der Waals surface area contributed by atoms with Gasteiger partial charge in [-0.25, -0.2) is 0 Å². The van der Waals surface area contributed by atoms with Gasteiger partial charge in [-0.3, -0.25) is 9.59 Å². The second kappa shape index (κ2) is 4.32. The lowest BCUT2D eigenvalue weighted by atomic mass is 9.93. The fraction of sp³-hybridized carbons (Fsp3) is 0.273. The molecule has 16 heavy (non-hydrogen) atoms. The first-order chi connectivity index (χ1) is 7.58. The Kier molecular flexibility index (Phi) is 3.03. The Labute approximate surface area is 95.8 Å². The first-order valence-electron chi connectivity index (χ1n) is 5.02. The summed E-state index contributed by atoms with van der Waals surface area (Å²) < 4.78 is 0. The molecular weight excluding hydrogens is 223 g/mol. The van der Waals surface area contributed by atoms with Gasteiger partial charge in [-0.1, -0.05) is 15.3 Å². The predicted molar refractivity (Wildman–Crippen MR) is 64.9 cm³/mol. The first kappa shape index (κ1) is 11.2. The molecule has 4 nitrogen and oxygen atoms in total. The monoisotopic (exact) mass is 236 g/mol. The summed E-state index contributed by atoms with van der Waals surface area (Å²) in [5, 5.41) is 3.04. The molecule has 1 unspecified atom stereocenters. The lowest BCUT2D eigenvalue weighted by molar-refractivity contribution is -0.133. The third kappa shape index (κ3) is 2.13. The zero-order chi connectivity index (χ0) is 11.7. The van der Waals surface area contributed by atoms with Crippen LogP contribution in [0.3, 0.4) is 0 Å². The number of benzene rings is 1. The number of hydrogen-bond donors (Lipinski definition) is 2. The summed E-state index contributed by atoms with van der Waals surface area (Å²) in [6.07, 6.45) is 0.550. The minimum Gasteiger partial charge on any atom is -0.399 e. The highest BCUT2D eigenvalue weighted by Gasteiger charge is 2.26. The molecule has 0 aromatic heterocycles. The molecule has 5 heteroatoms. The van der Waals surface area contributed by atoms with Gasteiger partial charge in [-0.15, -0.1) is 0 Å². The van der Waals surface area contributed by atoms with E-state index in [-0.39, 0.29) is 5.78 Å². The highest BCUT2D eigenvalue weighted by molar-refractivity contribution is 7.45. The molecule has 0 radical (unpaired) electrons. The number of rotatable bonds is 2. The Bertz CT molecular complexity index is 459. The zero-order valence-corrected chi connectivity index (χ0v) is 9.85. The third-order valence-corrected chi connectivity index (χ3v) is 3.04. The van der Waals surface area contributed by atoms with Crippen molar-refractivity contribution in [3.8, 4) is 0 Å². The van der Waals surface area contributed by atoms with Crippen LogP contribution in [0.25, 0.3) is 0 Å². The van der Waals surface area contributed by atoms with Gasteiger partial charge in [-0.05, 0) is 29.7 Å². The van der Waals surface area contributed by atoms with Crippen molar-refractivity contribution in [2.24, 2.45) is 0 Å². The summed E-state index contributed by atoms with van der Waals surface area (Å²) in [4.78, 5) is 22.5. The number of nitrogens with two attached hydrogens (primary N) is 1. The molecule has 0 aliphatic carbocycles. The van der Waals surface area contributed by atoms with Crippen LogP contribution in [0.5, 0.6) is 0 Å². The second-order valence-electron chi connectivity index (χ2n) is 3.89. The van der Waals surface area contributed by atoms with E-state index in [2.05, 4.69) is 5.32 Å². The minimum absolute atomic E-state index is 0.382. The standard InChI is InChI=1S/C11H13N2O2P/c12-8-2-1-6-4-9(10(14)11(15)16)13-5-7(6)3-8/h1-3,9,13H,4-5,12,16H2/t9-/m0/s1. The van der Waals surface area contributed by atoms with Crippen molar-refractivity contribution in [1.29, 1.82) is 0 Å². The van der Waals surface area contributed by atoms with Crippen LogP contribution in [-0.2, 0) is 22.6 Å². The van der Waals surface area contributed by atoms with Crippen LogP contribution in [0.1, 0.15) is 11.1 Å². The van der Waals surface area contributed by atoms with Crippen molar-refractivity contribution in [2.45, 2.75) is 19.0 Å². The number of carbonyl (C=O) groups is 2. The molecule has 2 rings (SSSR count). The van der Waals surface area contributed by atoms with E-state index in [4.69, 9.17) is 5.73 Å². The Morgan fingerprint density at radius 1 is 1.38 bits per heavy atom. The molecule has 84 valence electrons. The molecule has 0 bridgehead atoms. The first-order valence-corrected chi connectivity index (χ1v) is 5.60. The highest BCUT2D eigenvalue weighted by atomic mass is 31.0. The number of fused-ring (bicyclic) bond motifs is 1. The number of nitrogens with one attached hydrogen (secondary N) is 1. The summed E-state index contributed by atoms with van der Waals surface area (Å²) >= 11 is 0. The van der Waals surface area contributed by atoms with Gasteiger partial charge >= 0.3 is 0 Å².